The molecule has 0 aliphatic carbocycles. The zero-order valence-electron chi connectivity index (χ0n) is 34.6. The van der Waals surface area contributed by atoms with Gasteiger partial charge in [0.1, 0.15) is 34.5 Å². The quantitative estimate of drug-likeness (QED) is 0.0754. The molecule has 0 aliphatic heterocycles. The lowest BCUT2D eigenvalue weighted by molar-refractivity contribution is 0.103. The highest BCUT2D eigenvalue weighted by molar-refractivity contribution is 6.10. The number of phenols is 6. The predicted octanol–water partition coefficient (Wildman–Crippen LogP) is 12.1. The molecule has 0 bridgehead atoms. The Morgan fingerprint density at radius 3 is 0.797 bits per heavy atom. The Morgan fingerprint density at radius 1 is 0.312 bits per heavy atom. The van der Waals surface area contributed by atoms with Gasteiger partial charge in [-0.15, -0.1) is 0 Å². The Morgan fingerprint density at radius 2 is 0.547 bits per heavy atom. The van der Waals surface area contributed by atoms with E-state index < -0.39 is 5.78 Å². The minimum Gasteiger partial charge on any atom is -0.508 e. The third-order valence-corrected chi connectivity index (χ3v) is 12.6. The number of carbonyl (C=O) groups excluding carboxylic acids is 1. The van der Waals surface area contributed by atoms with Gasteiger partial charge >= 0.3 is 0 Å². The summed E-state index contributed by atoms with van der Waals surface area (Å²) in [5.41, 5.74) is 4.39. The lowest BCUT2D eigenvalue weighted by atomic mass is 9.87. The van der Waals surface area contributed by atoms with Crippen molar-refractivity contribution in [3.8, 4) is 34.5 Å². The molecule has 10 aromatic rings. The summed E-state index contributed by atoms with van der Waals surface area (Å²) in [5.74, 6) is -0.358. The van der Waals surface area contributed by atoms with Gasteiger partial charge in [-0.05, 0) is 114 Å². The van der Waals surface area contributed by atoms with Crippen LogP contribution in [0.4, 0.5) is 0 Å². The molecule has 0 heterocycles. The molecule has 0 saturated carbocycles. The van der Waals surface area contributed by atoms with E-state index in [1.165, 1.54) is 0 Å². The Labute approximate surface area is 368 Å². The number of phenolic OH excluding ortho intramolecular Hbond substituents is 6. The largest absolute Gasteiger partial charge is 0.508 e. The molecule has 0 saturated heterocycles. The van der Waals surface area contributed by atoms with Crippen LogP contribution >= 0.6 is 0 Å². The van der Waals surface area contributed by atoms with Crippen LogP contribution in [-0.2, 0) is 25.7 Å². The highest BCUT2D eigenvalue weighted by Crippen LogP contribution is 2.40. The number of carbonyl (C=O) groups is 1. The summed E-state index contributed by atoms with van der Waals surface area (Å²) in [4.78, 5) is 15.2. The van der Waals surface area contributed by atoms with E-state index in [4.69, 9.17) is 0 Å². The number of hydrogen-bond donors (Lipinski definition) is 6. The van der Waals surface area contributed by atoms with Crippen LogP contribution in [0.5, 0.6) is 34.5 Å². The second-order valence-electron chi connectivity index (χ2n) is 16.5. The molecule has 64 heavy (non-hydrogen) atoms. The number of hydrogen-bond acceptors (Lipinski definition) is 7. The van der Waals surface area contributed by atoms with Crippen LogP contribution in [0.25, 0.3) is 43.1 Å². The second kappa shape index (κ2) is 16.2. The molecule has 0 spiro atoms. The summed E-state index contributed by atoms with van der Waals surface area (Å²) < 4.78 is 0. The molecule has 0 unspecified atom stereocenters. The summed E-state index contributed by atoms with van der Waals surface area (Å²) in [5, 5.41) is 76.0. The molecular weight excluding hydrogens is 797 g/mol. The van der Waals surface area contributed by atoms with Crippen LogP contribution in [0.1, 0.15) is 60.4 Å². The van der Waals surface area contributed by atoms with Gasteiger partial charge in [-0.25, -0.2) is 0 Å². The molecule has 0 aromatic heterocycles. The van der Waals surface area contributed by atoms with Crippen LogP contribution in [0.15, 0.2) is 170 Å². The molecule has 0 radical (unpaired) electrons. The molecule has 312 valence electrons. The number of aromatic hydroxyl groups is 6. The molecule has 0 atom stereocenters. The lowest BCUT2D eigenvalue weighted by Gasteiger charge is -2.18. The van der Waals surface area contributed by atoms with Gasteiger partial charge in [-0.1, -0.05) is 121 Å². The number of ketones is 1. The summed E-state index contributed by atoms with van der Waals surface area (Å²) in [6.45, 7) is 0. The number of rotatable bonds is 10. The molecule has 0 amide bonds. The summed E-state index contributed by atoms with van der Waals surface area (Å²) in [7, 11) is 0. The van der Waals surface area contributed by atoms with Crippen molar-refractivity contribution < 1.29 is 35.4 Å². The molecule has 6 N–H and O–H groups in total. The highest BCUT2D eigenvalue weighted by atomic mass is 16.3. The van der Waals surface area contributed by atoms with Crippen LogP contribution < -0.4 is 0 Å². The Hall–Kier alpha value is -8.29. The fraction of sp³-hybridized carbons (Fsp3) is 0.0702. The van der Waals surface area contributed by atoms with E-state index in [1.807, 2.05) is 121 Å². The summed E-state index contributed by atoms with van der Waals surface area (Å²) in [6, 6.07) is 51.0. The highest BCUT2D eigenvalue weighted by Gasteiger charge is 2.24. The summed E-state index contributed by atoms with van der Waals surface area (Å²) in [6.07, 6.45) is 0.339. The van der Waals surface area contributed by atoms with Crippen molar-refractivity contribution in [2.75, 3.05) is 0 Å². The second-order valence-corrected chi connectivity index (χ2v) is 16.5. The van der Waals surface area contributed by atoms with E-state index in [0.29, 0.717) is 44.5 Å². The van der Waals surface area contributed by atoms with Crippen LogP contribution in [0, 0.1) is 0 Å². The molecule has 10 aromatic carbocycles. The Bertz CT molecular complexity index is 3050. The fourth-order valence-corrected chi connectivity index (χ4v) is 9.29. The van der Waals surface area contributed by atoms with Gasteiger partial charge in [0.15, 0.2) is 5.78 Å². The number of benzene rings is 10. The van der Waals surface area contributed by atoms with E-state index in [1.54, 1.807) is 48.5 Å². The smallest absolute Gasteiger partial charge is 0.193 e. The fourth-order valence-electron chi connectivity index (χ4n) is 9.29. The van der Waals surface area contributed by atoms with Gasteiger partial charge in [0.2, 0.25) is 0 Å². The van der Waals surface area contributed by atoms with Crippen LogP contribution in [0.2, 0.25) is 0 Å². The first-order valence-corrected chi connectivity index (χ1v) is 21.1. The monoisotopic (exact) mass is 838 g/mol. The first-order valence-electron chi connectivity index (χ1n) is 21.1. The maximum Gasteiger partial charge on any atom is 0.193 e. The standard InChI is InChI=1S/C57H42O7/c58-51-21-17-33-9-1-5-13-43(33)47(51)29-39-25-37(26-40(56(39)63)30-48-44-14-6-2-10-34(44)18-22-52(48)59)55(62)38-27-41(31-49-45-15-7-3-11-35(45)19-23-53(49)60)57(64)42(28-38)32-50-46-16-8-4-12-36(46)20-24-54(50)61/h1-28,58-61,63-64H,29-32H2. The van der Waals surface area contributed by atoms with Gasteiger partial charge in [0.25, 0.3) is 0 Å². The zero-order chi connectivity index (χ0) is 44.1. The lowest BCUT2D eigenvalue weighted by Crippen LogP contribution is -2.08. The average Bonchev–Trinajstić information content (AvgIpc) is 3.31. The third kappa shape index (κ3) is 7.23. The van der Waals surface area contributed by atoms with Crippen LogP contribution in [-0.4, -0.2) is 36.4 Å². The van der Waals surface area contributed by atoms with Crippen molar-refractivity contribution in [1.29, 1.82) is 0 Å². The summed E-state index contributed by atoms with van der Waals surface area (Å²) >= 11 is 0. The third-order valence-electron chi connectivity index (χ3n) is 12.6. The van der Waals surface area contributed by atoms with Crippen molar-refractivity contribution in [2.24, 2.45) is 0 Å². The van der Waals surface area contributed by atoms with E-state index in [-0.39, 0.29) is 71.3 Å². The first-order chi connectivity index (χ1) is 31.1. The number of fused-ring (bicyclic) bond motifs is 4. The topological polar surface area (TPSA) is 138 Å². The maximum atomic E-state index is 15.2. The van der Waals surface area contributed by atoms with Gasteiger partial charge in [-0.2, -0.15) is 0 Å². The minimum absolute atomic E-state index is 0.0456. The molecule has 7 heteroatoms. The Kier molecular flexibility index (Phi) is 10.1. The normalized spacial score (nSPS) is 11.5. The van der Waals surface area contributed by atoms with E-state index in [2.05, 4.69) is 0 Å². The van der Waals surface area contributed by atoms with Crippen molar-refractivity contribution in [3.63, 3.8) is 0 Å². The molecule has 0 aliphatic rings. The maximum absolute atomic E-state index is 15.2. The van der Waals surface area contributed by atoms with E-state index in [0.717, 1.165) is 43.1 Å². The zero-order valence-corrected chi connectivity index (χ0v) is 34.6. The Balaban J connectivity index is 1.15. The average molecular weight is 839 g/mol. The molecule has 7 nitrogen and oxygen atoms in total. The van der Waals surface area contributed by atoms with Gasteiger partial charge in [-0.3, -0.25) is 4.79 Å². The first kappa shape index (κ1) is 39.8. The minimum atomic E-state index is -0.404. The van der Waals surface area contributed by atoms with Crippen molar-refractivity contribution in [3.05, 3.63) is 225 Å². The van der Waals surface area contributed by atoms with Crippen molar-refractivity contribution in [2.45, 2.75) is 25.7 Å². The predicted molar refractivity (Wildman–Crippen MR) is 253 cm³/mol. The van der Waals surface area contributed by atoms with E-state index in [9.17, 15) is 30.6 Å². The van der Waals surface area contributed by atoms with Gasteiger partial charge < -0.3 is 30.6 Å². The van der Waals surface area contributed by atoms with Crippen LogP contribution in [0.3, 0.4) is 0 Å². The molecule has 0 fully saturated rings. The molecule has 10 rings (SSSR count). The van der Waals surface area contributed by atoms with Crippen molar-refractivity contribution in [1.82, 2.24) is 0 Å². The van der Waals surface area contributed by atoms with Crippen molar-refractivity contribution >= 4 is 48.9 Å². The SMILES string of the molecule is O=C(c1cc(Cc2c(O)ccc3ccccc23)c(O)c(Cc2c(O)ccc3ccccc23)c1)c1cc(Cc2c(O)ccc3ccccc23)c(O)c(Cc2c(O)ccc3ccccc23)c1. The molecular formula is C57H42O7. The van der Waals surface area contributed by atoms with Gasteiger partial charge in [0, 0.05) is 59.1 Å². The van der Waals surface area contributed by atoms with Gasteiger partial charge in [0.05, 0.1) is 0 Å². The van der Waals surface area contributed by atoms with E-state index >= 15 is 4.79 Å².